The van der Waals surface area contributed by atoms with Gasteiger partial charge in [0.25, 0.3) is 10.1 Å². The largest absolute Gasteiger partial charge is 0.344 e. The van der Waals surface area contributed by atoms with Crippen LogP contribution in [0.25, 0.3) is 0 Å². The highest BCUT2D eigenvalue weighted by Gasteiger charge is 2.48. The van der Waals surface area contributed by atoms with E-state index in [0.29, 0.717) is 6.42 Å². The molecule has 3 rings (SSSR count). The van der Waals surface area contributed by atoms with Crippen molar-refractivity contribution in [2.24, 2.45) is 0 Å². The Balaban J connectivity index is 1.57. The lowest BCUT2D eigenvalue weighted by molar-refractivity contribution is -0.206. The van der Waals surface area contributed by atoms with Gasteiger partial charge in [-0.25, -0.2) is 0 Å². The van der Waals surface area contributed by atoms with Gasteiger partial charge in [0.05, 0.1) is 17.6 Å². The number of rotatable bonds is 4. The number of benzene rings is 1. The second-order valence-corrected chi connectivity index (χ2v) is 7.70. The Bertz CT molecular complexity index is 621. The number of hydrogen-bond donors (Lipinski definition) is 0. The van der Waals surface area contributed by atoms with E-state index in [4.69, 9.17) is 18.4 Å². The number of aryl methyl sites for hydroxylation is 1. The monoisotopic (exact) mass is 328 g/mol. The van der Waals surface area contributed by atoms with E-state index in [2.05, 4.69) is 0 Å². The van der Waals surface area contributed by atoms with Gasteiger partial charge < -0.3 is 14.2 Å². The third-order valence-corrected chi connectivity index (χ3v) is 4.98. The van der Waals surface area contributed by atoms with Crippen LogP contribution in [0, 0.1) is 6.92 Å². The van der Waals surface area contributed by atoms with Crippen molar-refractivity contribution in [3.63, 3.8) is 0 Å². The van der Waals surface area contributed by atoms with Gasteiger partial charge in [-0.3, -0.25) is 4.18 Å². The first kappa shape index (κ1) is 15.9. The molecule has 0 aliphatic carbocycles. The lowest BCUT2D eigenvalue weighted by Gasteiger charge is -2.20. The molecule has 7 heteroatoms. The first-order valence-corrected chi connectivity index (χ1v) is 8.63. The SMILES string of the molecule is Cc1ccc(S(=O)(=O)OCC2CC3OC(C)(C)OC3O2)cc1. The molecule has 0 amide bonds. The van der Waals surface area contributed by atoms with Crippen molar-refractivity contribution >= 4 is 10.1 Å². The fraction of sp³-hybridized carbons (Fsp3) is 0.600. The van der Waals surface area contributed by atoms with Crippen LogP contribution in [-0.4, -0.2) is 39.3 Å². The molecule has 2 saturated heterocycles. The molecule has 0 bridgehead atoms. The Morgan fingerprint density at radius 3 is 2.55 bits per heavy atom. The smallest absolute Gasteiger partial charge is 0.297 e. The molecule has 0 aromatic heterocycles. The van der Waals surface area contributed by atoms with Crippen molar-refractivity contribution in [3.8, 4) is 0 Å². The summed E-state index contributed by atoms with van der Waals surface area (Å²) in [6.45, 7) is 5.49. The third-order valence-electron chi connectivity index (χ3n) is 3.68. The van der Waals surface area contributed by atoms with Crippen LogP contribution in [0.3, 0.4) is 0 Å². The lowest BCUT2D eigenvalue weighted by Crippen LogP contribution is -2.27. The maximum Gasteiger partial charge on any atom is 0.297 e. The predicted molar refractivity (Wildman–Crippen MR) is 77.6 cm³/mol. The summed E-state index contributed by atoms with van der Waals surface area (Å²) in [7, 11) is -3.77. The number of fused-ring (bicyclic) bond motifs is 1. The highest BCUT2D eigenvalue weighted by Crippen LogP contribution is 2.37. The molecule has 6 nitrogen and oxygen atoms in total. The first-order valence-electron chi connectivity index (χ1n) is 7.22. The van der Waals surface area contributed by atoms with E-state index in [1.807, 2.05) is 20.8 Å². The van der Waals surface area contributed by atoms with E-state index < -0.39 is 22.2 Å². The number of hydrogen-bond acceptors (Lipinski definition) is 6. The molecule has 1 aromatic rings. The Morgan fingerprint density at radius 2 is 1.91 bits per heavy atom. The summed E-state index contributed by atoms with van der Waals surface area (Å²) >= 11 is 0. The van der Waals surface area contributed by atoms with Gasteiger partial charge in [0.15, 0.2) is 12.1 Å². The van der Waals surface area contributed by atoms with E-state index in [1.165, 1.54) is 12.1 Å². The summed E-state index contributed by atoms with van der Waals surface area (Å²) in [6, 6.07) is 6.53. The zero-order valence-electron chi connectivity index (χ0n) is 12.8. The van der Waals surface area contributed by atoms with Crippen LogP contribution < -0.4 is 0 Å². The fourth-order valence-electron chi connectivity index (χ4n) is 2.63. The normalized spacial score (nSPS) is 30.4. The zero-order valence-corrected chi connectivity index (χ0v) is 13.6. The Kier molecular flexibility index (Phi) is 4.03. The Morgan fingerprint density at radius 1 is 1.23 bits per heavy atom. The molecule has 0 radical (unpaired) electrons. The molecule has 22 heavy (non-hydrogen) atoms. The van der Waals surface area contributed by atoms with E-state index >= 15 is 0 Å². The first-order chi connectivity index (χ1) is 10.3. The number of ether oxygens (including phenoxy) is 3. The van der Waals surface area contributed by atoms with Crippen molar-refractivity contribution in [1.29, 1.82) is 0 Å². The minimum Gasteiger partial charge on any atom is -0.344 e. The van der Waals surface area contributed by atoms with E-state index in [0.717, 1.165) is 5.56 Å². The molecule has 3 unspecified atom stereocenters. The summed E-state index contributed by atoms with van der Waals surface area (Å²) in [5, 5.41) is 0. The van der Waals surface area contributed by atoms with Crippen LogP contribution in [-0.2, 0) is 28.5 Å². The van der Waals surface area contributed by atoms with Gasteiger partial charge in [-0.2, -0.15) is 8.42 Å². The summed E-state index contributed by atoms with van der Waals surface area (Å²) < 4.78 is 46.2. The molecule has 2 aliphatic rings. The standard InChI is InChI=1S/C15H20O6S/c1-10-4-6-12(7-5-10)22(16,17)18-9-11-8-13-14(19-11)21-15(2,3)20-13/h4-7,11,13-14H,8-9H2,1-3H3. The average molecular weight is 328 g/mol. The van der Waals surface area contributed by atoms with Crippen LogP contribution in [0.1, 0.15) is 25.8 Å². The maximum absolute atomic E-state index is 12.1. The van der Waals surface area contributed by atoms with E-state index in [-0.39, 0.29) is 23.7 Å². The van der Waals surface area contributed by atoms with Gasteiger partial charge in [-0.15, -0.1) is 0 Å². The van der Waals surface area contributed by atoms with E-state index in [1.54, 1.807) is 12.1 Å². The average Bonchev–Trinajstić information content (AvgIpc) is 2.90. The molecule has 0 N–H and O–H groups in total. The minimum absolute atomic E-state index is 0.0453. The molecular formula is C15H20O6S. The molecule has 1 aromatic carbocycles. The van der Waals surface area contributed by atoms with Gasteiger partial charge in [-0.1, -0.05) is 17.7 Å². The van der Waals surface area contributed by atoms with Crippen LogP contribution in [0.5, 0.6) is 0 Å². The Hall–Kier alpha value is -0.990. The van der Waals surface area contributed by atoms with Crippen molar-refractivity contribution < 1.29 is 26.8 Å². The van der Waals surface area contributed by atoms with Gasteiger partial charge in [0.2, 0.25) is 0 Å². The zero-order chi connectivity index (χ0) is 16.0. The van der Waals surface area contributed by atoms with E-state index in [9.17, 15) is 8.42 Å². The second kappa shape index (κ2) is 5.58. The molecular weight excluding hydrogens is 308 g/mol. The molecule has 0 saturated carbocycles. The Labute approximate surface area is 130 Å². The molecule has 122 valence electrons. The second-order valence-electron chi connectivity index (χ2n) is 6.09. The highest BCUT2D eigenvalue weighted by molar-refractivity contribution is 7.86. The van der Waals surface area contributed by atoms with Gasteiger partial charge >= 0.3 is 0 Å². The van der Waals surface area contributed by atoms with Crippen molar-refractivity contribution in [2.45, 2.75) is 56.4 Å². The lowest BCUT2D eigenvalue weighted by atomic mass is 10.2. The minimum atomic E-state index is -3.77. The van der Waals surface area contributed by atoms with Crippen LogP contribution in [0.4, 0.5) is 0 Å². The summed E-state index contributed by atoms with van der Waals surface area (Å²) in [5.41, 5.74) is 0.989. The third kappa shape index (κ3) is 3.33. The molecule has 0 spiro atoms. The fourth-order valence-corrected chi connectivity index (χ4v) is 3.56. The molecule has 2 aliphatic heterocycles. The topological polar surface area (TPSA) is 71.1 Å². The van der Waals surface area contributed by atoms with Gasteiger partial charge in [0.1, 0.15) is 6.10 Å². The highest BCUT2D eigenvalue weighted by atomic mass is 32.2. The quantitative estimate of drug-likeness (QED) is 0.787. The summed E-state index contributed by atoms with van der Waals surface area (Å²) in [6.07, 6.45) is -0.431. The predicted octanol–water partition coefficient (Wildman–Crippen LogP) is 1.97. The van der Waals surface area contributed by atoms with Crippen molar-refractivity contribution in [2.75, 3.05) is 6.61 Å². The van der Waals surface area contributed by atoms with Crippen LogP contribution >= 0.6 is 0 Å². The molecule has 2 heterocycles. The van der Waals surface area contributed by atoms with Crippen molar-refractivity contribution in [3.05, 3.63) is 29.8 Å². The summed E-state index contributed by atoms with van der Waals surface area (Å²) in [5.74, 6) is -0.658. The van der Waals surface area contributed by atoms with Crippen molar-refractivity contribution in [1.82, 2.24) is 0 Å². The van der Waals surface area contributed by atoms with Crippen LogP contribution in [0.15, 0.2) is 29.2 Å². The molecule has 2 fully saturated rings. The maximum atomic E-state index is 12.1. The van der Waals surface area contributed by atoms with Gasteiger partial charge in [0, 0.05) is 6.42 Å². The molecule has 3 atom stereocenters. The van der Waals surface area contributed by atoms with Gasteiger partial charge in [-0.05, 0) is 32.9 Å². The summed E-state index contributed by atoms with van der Waals surface area (Å²) in [4.78, 5) is 0.143. The van der Waals surface area contributed by atoms with Crippen LogP contribution in [0.2, 0.25) is 0 Å².